The summed E-state index contributed by atoms with van der Waals surface area (Å²) >= 11 is 0. The first-order valence-electron chi connectivity index (χ1n) is 6.76. The van der Waals surface area contributed by atoms with E-state index in [1.807, 2.05) is 0 Å². The molecule has 0 bridgehead atoms. The number of Topliss-reactive ketones (excluding diaryl/α,β-unsaturated/α-hetero) is 1. The van der Waals surface area contributed by atoms with E-state index in [4.69, 9.17) is 4.74 Å². The van der Waals surface area contributed by atoms with Crippen molar-refractivity contribution in [2.45, 2.75) is 38.7 Å². The molecule has 1 N–H and O–H groups in total. The van der Waals surface area contributed by atoms with Crippen molar-refractivity contribution < 1.29 is 19.0 Å². The number of halogens is 1. The molecule has 1 aromatic carbocycles. The van der Waals surface area contributed by atoms with E-state index >= 15 is 0 Å². The Morgan fingerprint density at radius 2 is 2.05 bits per heavy atom. The highest BCUT2D eigenvalue weighted by atomic mass is 19.1. The third-order valence-corrected chi connectivity index (χ3v) is 3.58. The fourth-order valence-corrected chi connectivity index (χ4v) is 2.50. The van der Waals surface area contributed by atoms with E-state index in [0.717, 1.165) is 0 Å². The van der Waals surface area contributed by atoms with Crippen molar-refractivity contribution >= 4 is 5.78 Å². The van der Waals surface area contributed by atoms with Gasteiger partial charge in [-0.05, 0) is 50.8 Å². The summed E-state index contributed by atoms with van der Waals surface area (Å²) in [6.07, 6.45) is 2.36. The predicted octanol–water partition coefficient (Wildman–Crippen LogP) is 2.96. The fourth-order valence-electron chi connectivity index (χ4n) is 2.50. The van der Waals surface area contributed by atoms with Gasteiger partial charge in [-0.3, -0.25) is 4.79 Å². The molecule has 3 nitrogen and oxygen atoms in total. The van der Waals surface area contributed by atoms with Crippen LogP contribution in [0.4, 0.5) is 4.39 Å². The molecule has 1 aliphatic rings. The van der Waals surface area contributed by atoms with Crippen molar-refractivity contribution in [1.29, 1.82) is 0 Å². The van der Waals surface area contributed by atoms with E-state index in [9.17, 15) is 14.3 Å². The van der Waals surface area contributed by atoms with E-state index < -0.39 is 5.82 Å². The Kier molecular flexibility index (Phi) is 4.53. The summed E-state index contributed by atoms with van der Waals surface area (Å²) in [6, 6.07) is 4.36. The van der Waals surface area contributed by atoms with Gasteiger partial charge < -0.3 is 9.84 Å². The summed E-state index contributed by atoms with van der Waals surface area (Å²) < 4.78 is 18.8. The highest BCUT2D eigenvalue weighted by Crippen LogP contribution is 2.28. The smallest absolute Gasteiger partial charge is 0.166 e. The molecule has 1 aliphatic carbocycles. The Labute approximate surface area is 112 Å². The largest absolute Gasteiger partial charge is 0.491 e. The lowest BCUT2D eigenvalue weighted by molar-refractivity contribution is 0.0764. The number of carbonyl (C=O) groups excluding carboxylic acids is 1. The van der Waals surface area contributed by atoms with Crippen LogP contribution in [0.3, 0.4) is 0 Å². The van der Waals surface area contributed by atoms with Gasteiger partial charge in [0.25, 0.3) is 0 Å². The van der Waals surface area contributed by atoms with Crippen molar-refractivity contribution in [3.05, 3.63) is 29.6 Å². The van der Waals surface area contributed by atoms with Crippen LogP contribution in [0.5, 0.6) is 5.75 Å². The van der Waals surface area contributed by atoms with Crippen molar-refractivity contribution in [3.8, 4) is 5.75 Å². The second-order valence-electron chi connectivity index (χ2n) is 4.95. The number of aliphatic hydroxyl groups excluding tert-OH is 1. The van der Waals surface area contributed by atoms with Crippen molar-refractivity contribution in [1.82, 2.24) is 0 Å². The summed E-state index contributed by atoms with van der Waals surface area (Å²) in [6.45, 7) is 2.18. The van der Waals surface area contributed by atoms with Gasteiger partial charge in [0.05, 0.1) is 12.7 Å². The van der Waals surface area contributed by atoms with Crippen LogP contribution in [-0.2, 0) is 0 Å². The molecule has 0 amide bonds. The molecule has 1 saturated carbocycles. The minimum atomic E-state index is -0.497. The molecule has 0 aliphatic heterocycles. The van der Waals surface area contributed by atoms with Crippen molar-refractivity contribution in [2.24, 2.45) is 5.92 Å². The number of ether oxygens (including phenoxy) is 1. The number of rotatable bonds is 4. The topological polar surface area (TPSA) is 46.5 Å². The van der Waals surface area contributed by atoms with Gasteiger partial charge in [0, 0.05) is 11.5 Å². The van der Waals surface area contributed by atoms with Gasteiger partial charge in [-0.25, -0.2) is 4.39 Å². The average Bonchev–Trinajstić information content (AvgIpc) is 2.41. The summed E-state index contributed by atoms with van der Waals surface area (Å²) in [5, 5.41) is 9.43. The number of carbonyl (C=O) groups is 1. The lowest BCUT2D eigenvalue weighted by Gasteiger charge is -2.24. The number of aliphatic hydroxyl groups is 1. The number of ketones is 1. The minimum absolute atomic E-state index is 0.0335. The molecule has 0 atom stereocenters. The highest BCUT2D eigenvalue weighted by molar-refractivity contribution is 5.98. The molecule has 1 aromatic rings. The molecule has 0 saturated heterocycles. The Bertz CT molecular complexity index is 451. The average molecular weight is 266 g/mol. The van der Waals surface area contributed by atoms with Gasteiger partial charge in [-0.15, -0.1) is 0 Å². The molecule has 0 heterocycles. The molecule has 4 heteroatoms. The Hall–Kier alpha value is -1.42. The summed E-state index contributed by atoms with van der Waals surface area (Å²) in [5.74, 6) is -0.448. The first-order valence-corrected chi connectivity index (χ1v) is 6.76. The zero-order valence-corrected chi connectivity index (χ0v) is 11.1. The van der Waals surface area contributed by atoms with Crippen molar-refractivity contribution in [2.75, 3.05) is 6.61 Å². The quantitative estimate of drug-likeness (QED) is 0.852. The molecule has 0 radical (unpaired) electrons. The van der Waals surface area contributed by atoms with Gasteiger partial charge >= 0.3 is 0 Å². The lowest BCUT2D eigenvalue weighted by Crippen LogP contribution is -2.24. The highest BCUT2D eigenvalue weighted by Gasteiger charge is 2.26. The first kappa shape index (κ1) is 14.0. The Morgan fingerprint density at radius 1 is 1.37 bits per heavy atom. The Balaban J connectivity index is 2.09. The first-order chi connectivity index (χ1) is 9.11. The van der Waals surface area contributed by atoms with Gasteiger partial charge in [-0.1, -0.05) is 0 Å². The van der Waals surface area contributed by atoms with Crippen LogP contribution in [0.1, 0.15) is 43.0 Å². The summed E-state index contributed by atoms with van der Waals surface area (Å²) in [5.41, 5.74) is 0.391. The van der Waals surface area contributed by atoms with E-state index in [0.29, 0.717) is 37.9 Å². The SMILES string of the molecule is CCOc1ccc(C(=O)C2CCC(O)CC2)cc1F. The number of hydrogen-bond acceptors (Lipinski definition) is 3. The van der Waals surface area contributed by atoms with Crippen LogP contribution in [0.25, 0.3) is 0 Å². The molecule has 2 rings (SSSR count). The number of benzene rings is 1. The van der Waals surface area contributed by atoms with E-state index in [2.05, 4.69) is 0 Å². The van der Waals surface area contributed by atoms with E-state index in [1.165, 1.54) is 12.1 Å². The second kappa shape index (κ2) is 6.15. The molecule has 1 fully saturated rings. The lowest BCUT2D eigenvalue weighted by atomic mass is 9.82. The molecular weight excluding hydrogens is 247 g/mol. The fraction of sp³-hybridized carbons (Fsp3) is 0.533. The molecule has 19 heavy (non-hydrogen) atoms. The van der Waals surface area contributed by atoms with Gasteiger partial charge in [0.15, 0.2) is 17.3 Å². The van der Waals surface area contributed by atoms with Gasteiger partial charge in [-0.2, -0.15) is 0 Å². The third-order valence-electron chi connectivity index (χ3n) is 3.58. The van der Waals surface area contributed by atoms with Crippen LogP contribution in [0.15, 0.2) is 18.2 Å². The predicted molar refractivity (Wildman–Crippen MR) is 69.9 cm³/mol. The zero-order valence-electron chi connectivity index (χ0n) is 11.1. The number of hydrogen-bond donors (Lipinski definition) is 1. The monoisotopic (exact) mass is 266 g/mol. The third kappa shape index (κ3) is 3.32. The molecule has 0 unspecified atom stereocenters. The molecular formula is C15H19FO3. The van der Waals surface area contributed by atoms with Crippen LogP contribution >= 0.6 is 0 Å². The maximum Gasteiger partial charge on any atom is 0.166 e. The molecule has 104 valence electrons. The summed E-state index contributed by atoms with van der Waals surface area (Å²) in [4.78, 5) is 12.2. The zero-order chi connectivity index (χ0) is 13.8. The van der Waals surface area contributed by atoms with E-state index in [1.54, 1.807) is 13.0 Å². The normalized spacial score (nSPS) is 23.1. The maximum absolute atomic E-state index is 13.7. The van der Waals surface area contributed by atoms with Crippen LogP contribution in [0, 0.1) is 11.7 Å². The molecule has 0 spiro atoms. The second-order valence-corrected chi connectivity index (χ2v) is 4.95. The van der Waals surface area contributed by atoms with Crippen molar-refractivity contribution in [3.63, 3.8) is 0 Å². The minimum Gasteiger partial charge on any atom is -0.491 e. The van der Waals surface area contributed by atoms with Gasteiger partial charge in [0.2, 0.25) is 0 Å². The van der Waals surface area contributed by atoms with E-state index in [-0.39, 0.29) is 23.6 Å². The van der Waals surface area contributed by atoms with Gasteiger partial charge in [0.1, 0.15) is 0 Å². The Morgan fingerprint density at radius 3 is 2.63 bits per heavy atom. The summed E-state index contributed by atoms with van der Waals surface area (Å²) in [7, 11) is 0. The van der Waals surface area contributed by atoms with Crippen LogP contribution < -0.4 is 4.74 Å². The molecule has 0 aromatic heterocycles. The van der Waals surface area contributed by atoms with Crippen LogP contribution in [-0.4, -0.2) is 23.6 Å². The van der Waals surface area contributed by atoms with Crippen LogP contribution in [0.2, 0.25) is 0 Å². The standard InChI is InChI=1S/C15H19FO3/c1-2-19-14-8-5-11(9-13(14)16)15(18)10-3-6-12(17)7-4-10/h5,8-10,12,17H,2-4,6-7H2,1H3. The maximum atomic E-state index is 13.7.